The van der Waals surface area contributed by atoms with E-state index in [4.69, 9.17) is 14.9 Å². The molecule has 0 heterocycles. The summed E-state index contributed by atoms with van der Waals surface area (Å²) < 4.78 is 5.03. The minimum atomic E-state index is -0.353. The highest BCUT2D eigenvalue weighted by Crippen LogP contribution is 2.11. The van der Waals surface area contributed by atoms with Gasteiger partial charge in [0.25, 0.3) is 0 Å². The lowest BCUT2D eigenvalue weighted by Gasteiger charge is -2.03. The summed E-state index contributed by atoms with van der Waals surface area (Å²) in [6.07, 6.45) is 0.617. The van der Waals surface area contributed by atoms with Gasteiger partial charge in [0.05, 0.1) is 13.2 Å². The Balaban J connectivity index is 0.000000557. The van der Waals surface area contributed by atoms with E-state index in [9.17, 15) is 4.79 Å². The Bertz CT molecular complexity index is 331. The molecule has 0 amide bonds. The number of carbonyl (C=O) groups is 1. The maximum absolute atomic E-state index is 11.2. The maximum atomic E-state index is 11.2. The van der Waals surface area contributed by atoms with Gasteiger partial charge in [0.15, 0.2) is 0 Å². The van der Waals surface area contributed by atoms with Gasteiger partial charge in [-0.2, -0.15) is 0 Å². The van der Waals surface area contributed by atoms with Crippen LogP contribution >= 0.6 is 0 Å². The first kappa shape index (κ1) is 15.3. The second kappa shape index (κ2) is 9.57. The highest BCUT2D eigenvalue weighted by Gasteiger charge is 2.06. The largest absolute Gasteiger partial charge is 0.423 e. The minimum absolute atomic E-state index is 0.125. The number of carbonyl (C=O) groups excluding carboxylic acids is 1. The van der Waals surface area contributed by atoms with Gasteiger partial charge in [0.1, 0.15) is 5.75 Å². The van der Waals surface area contributed by atoms with E-state index in [-0.39, 0.29) is 19.2 Å². The summed E-state index contributed by atoms with van der Waals surface area (Å²) in [6, 6.07) is 8.97. The maximum Gasteiger partial charge on any atom is 0.338 e. The first-order valence-electron chi connectivity index (χ1n) is 5.32. The predicted molar refractivity (Wildman–Crippen MR) is 65.7 cm³/mol. The molecule has 4 heteroatoms. The number of esters is 1. The molecule has 1 aromatic carbocycles. The molecule has 0 spiro atoms. The van der Waals surface area contributed by atoms with Gasteiger partial charge in [-0.05, 0) is 18.6 Å². The normalized spacial score (nSPS) is 8.88. The predicted octanol–water partition coefficient (Wildman–Crippen LogP) is 1.53. The second-order valence-electron chi connectivity index (χ2n) is 3.11. The molecule has 0 aliphatic rings. The van der Waals surface area contributed by atoms with Crippen LogP contribution in [0.25, 0.3) is 0 Å². The van der Waals surface area contributed by atoms with E-state index in [0.717, 1.165) is 0 Å². The van der Waals surface area contributed by atoms with E-state index in [1.165, 1.54) is 0 Å². The van der Waals surface area contributed by atoms with Crippen molar-refractivity contribution in [3.8, 4) is 5.75 Å². The second-order valence-corrected chi connectivity index (χ2v) is 3.11. The van der Waals surface area contributed by atoms with E-state index in [1.54, 1.807) is 12.1 Å². The Hall–Kier alpha value is -1.65. The number of ether oxygens (including phenoxy) is 1. The third-order valence-corrected chi connectivity index (χ3v) is 1.77. The number of para-hydroxylation sites is 1. The molecule has 0 aliphatic carbocycles. The van der Waals surface area contributed by atoms with Gasteiger partial charge < -0.3 is 14.9 Å². The summed E-state index contributed by atoms with van der Waals surface area (Å²) in [4.78, 5) is 11.2. The summed E-state index contributed by atoms with van der Waals surface area (Å²) in [5.74, 6) is 0.204. The molecular weight excluding hydrogens is 220 g/mol. The quantitative estimate of drug-likeness (QED) is 0.474. The fourth-order valence-corrected chi connectivity index (χ4v) is 0.812. The van der Waals surface area contributed by atoms with E-state index in [2.05, 4.69) is 6.58 Å². The minimum Gasteiger partial charge on any atom is -0.423 e. The van der Waals surface area contributed by atoms with Crippen LogP contribution in [0.4, 0.5) is 0 Å². The summed E-state index contributed by atoms with van der Waals surface area (Å²) in [5.41, 5.74) is 0.490. The molecule has 0 saturated carbocycles. The van der Waals surface area contributed by atoms with Crippen molar-refractivity contribution in [2.24, 2.45) is 0 Å². The molecule has 0 fully saturated rings. The Morgan fingerprint density at radius 1 is 1.24 bits per heavy atom. The molecule has 4 nitrogen and oxygen atoms in total. The standard InChI is InChI=1S/C11H12O2.C2H6O2/c1-3-9(2)11(12)13-10-7-5-4-6-8-10;3-1-2-4/h4-8H,2-3H2,1H3;3-4H,1-2H2. The fourth-order valence-electron chi connectivity index (χ4n) is 0.812. The lowest BCUT2D eigenvalue weighted by molar-refractivity contribution is -0.130. The topological polar surface area (TPSA) is 66.8 Å². The molecule has 0 atom stereocenters. The van der Waals surface area contributed by atoms with Crippen LogP contribution in [-0.4, -0.2) is 29.4 Å². The Morgan fingerprint density at radius 2 is 1.76 bits per heavy atom. The number of rotatable bonds is 4. The molecule has 2 N–H and O–H groups in total. The van der Waals surface area contributed by atoms with Crippen LogP contribution in [0, 0.1) is 0 Å². The molecule has 0 unspecified atom stereocenters. The first-order valence-corrected chi connectivity index (χ1v) is 5.32. The molecule has 94 valence electrons. The Labute approximate surface area is 101 Å². The molecule has 0 aromatic heterocycles. The molecule has 17 heavy (non-hydrogen) atoms. The van der Waals surface area contributed by atoms with Gasteiger partial charge >= 0.3 is 5.97 Å². The Kier molecular flexibility index (Phi) is 8.64. The molecular formula is C13H18O4. The van der Waals surface area contributed by atoms with Gasteiger partial charge in [-0.3, -0.25) is 0 Å². The third kappa shape index (κ3) is 7.27. The van der Waals surface area contributed by atoms with Gasteiger partial charge in [-0.25, -0.2) is 4.79 Å². The van der Waals surface area contributed by atoms with Crippen LogP contribution in [0.1, 0.15) is 13.3 Å². The van der Waals surface area contributed by atoms with Crippen LogP contribution < -0.4 is 4.74 Å². The molecule has 1 rings (SSSR count). The summed E-state index contributed by atoms with van der Waals surface area (Å²) >= 11 is 0. The zero-order valence-corrected chi connectivity index (χ0v) is 9.93. The SMILES string of the molecule is C=C(CC)C(=O)Oc1ccccc1.OCCO. The van der Waals surface area contributed by atoms with Crippen molar-refractivity contribution in [1.82, 2.24) is 0 Å². The smallest absolute Gasteiger partial charge is 0.338 e. The van der Waals surface area contributed by atoms with Gasteiger partial charge in [-0.1, -0.05) is 31.7 Å². The van der Waals surface area contributed by atoms with Crippen molar-refractivity contribution in [2.45, 2.75) is 13.3 Å². The molecule has 1 aromatic rings. The van der Waals surface area contributed by atoms with Crippen LogP contribution in [0.3, 0.4) is 0 Å². The van der Waals surface area contributed by atoms with E-state index in [0.29, 0.717) is 17.7 Å². The number of hydrogen-bond donors (Lipinski definition) is 2. The monoisotopic (exact) mass is 238 g/mol. The van der Waals surface area contributed by atoms with Crippen molar-refractivity contribution in [3.63, 3.8) is 0 Å². The highest BCUT2D eigenvalue weighted by atomic mass is 16.5. The van der Waals surface area contributed by atoms with Crippen molar-refractivity contribution in [3.05, 3.63) is 42.5 Å². The molecule has 0 aliphatic heterocycles. The number of aliphatic hydroxyl groups excluding tert-OH is 2. The first-order chi connectivity index (χ1) is 8.15. The average molecular weight is 238 g/mol. The molecule has 0 radical (unpaired) electrons. The summed E-state index contributed by atoms with van der Waals surface area (Å²) in [5, 5.41) is 15.2. The van der Waals surface area contributed by atoms with Crippen molar-refractivity contribution < 1.29 is 19.7 Å². The van der Waals surface area contributed by atoms with Gasteiger partial charge in [0.2, 0.25) is 0 Å². The van der Waals surface area contributed by atoms with Crippen molar-refractivity contribution >= 4 is 5.97 Å². The van der Waals surface area contributed by atoms with Crippen LogP contribution in [0.2, 0.25) is 0 Å². The fraction of sp³-hybridized carbons (Fsp3) is 0.308. The summed E-state index contributed by atoms with van der Waals surface area (Å²) in [7, 11) is 0. The van der Waals surface area contributed by atoms with Crippen LogP contribution in [0.5, 0.6) is 5.75 Å². The van der Waals surface area contributed by atoms with Crippen molar-refractivity contribution in [2.75, 3.05) is 13.2 Å². The van der Waals surface area contributed by atoms with E-state index in [1.807, 2.05) is 25.1 Å². The number of aliphatic hydroxyl groups is 2. The van der Waals surface area contributed by atoms with Gasteiger partial charge in [-0.15, -0.1) is 0 Å². The third-order valence-electron chi connectivity index (χ3n) is 1.77. The number of hydrogen-bond acceptors (Lipinski definition) is 4. The van der Waals surface area contributed by atoms with Crippen LogP contribution in [-0.2, 0) is 4.79 Å². The van der Waals surface area contributed by atoms with E-state index >= 15 is 0 Å². The molecule has 0 bridgehead atoms. The average Bonchev–Trinajstić information content (AvgIpc) is 2.39. The van der Waals surface area contributed by atoms with Crippen LogP contribution in [0.15, 0.2) is 42.5 Å². The van der Waals surface area contributed by atoms with Crippen molar-refractivity contribution in [1.29, 1.82) is 0 Å². The lowest BCUT2D eigenvalue weighted by atomic mass is 10.2. The summed E-state index contributed by atoms with van der Waals surface area (Å²) in [6.45, 7) is 5.21. The number of benzene rings is 1. The zero-order valence-electron chi connectivity index (χ0n) is 9.93. The van der Waals surface area contributed by atoms with E-state index < -0.39 is 0 Å². The lowest BCUT2D eigenvalue weighted by Crippen LogP contribution is -2.09. The zero-order chi connectivity index (χ0) is 13.1. The highest BCUT2D eigenvalue weighted by molar-refractivity contribution is 5.89. The Morgan fingerprint density at radius 3 is 2.18 bits per heavy atom. The molecule has 0 saturated heterocycles. The van der Waals surface area contributed by atoms with Gasteiger partial charge in [0, 0.05) is 5.57 Å².